The molecule has 4 N–H and O–H groups in total. The molecule has 0 aromatic carbocycles. The highest BCUT2D eigenvalue weighted by Crippen LogP contribution is 2.41. The van der Waals surface area contributed by atoms with E-state index in [0.29, 0.717) is 35.5 Å². The zero-order valence-corrected chi connectivity index (χ0v) is 21.0. The van der Waals surface area contributed by atoms with E-state index in [-0.39, 0.29) is 42.8 Å². The van der Waals surface area contributed by atoms with E-state index in [1.165, 1.54) is 0 Å². The van der Waals surface area contributed by atoms with E-state index in [2.05, 4.69) is 55.4 Å². The predicted molar refractivity (Wildman–Crippen MR) is 123 cm³/mol. The van der Waals surface area contributed by atoms with Crippen LogP contribution in [-0.2, 0) is 18.9 Å². The summed E-state index contributed by atoms with van der Waals surface area (Å²) in [6, 6.07) is -0.288. The minimum absolute atomic E-state index is 0.113. The van der Waals surface area contributed by atoms with Crippen molar-refractivity contribution in [2.45, 2.75) is 124 Å². The van der Waals surface area contributed by atoms with Gasteiger partial charge in [0.15, 0.2) is 12.6 Å². The van der Waals surface area contributed by atoms with Gasteiger partial charge in [0.05, 0.1) is 24.4 Å². The van der Waals surface area contributed by atoms with Gasteiger partial charge in [0.25, 0.3) is 0 Å². The van der Waals surface area contributed by atoms with Crippen LogP contribution < -0.4 is 11.5 Å². The van der Waals surface area contributed by atoms with E-state index in [1.807, 2.05) is 0 Å². The van der Waals surface area contributed by atoms with Gasteiger partial charge in [-0.2, -0.15) is 0 Å². The van der Waals surface area contributed by atoms with Crippen LogP contribution in [0.2, 0.25) is 0 Å². The molecule has 2 heterocycles. The molecular weight excluding hydrogens is 392 g/mol. The molecule has 1 saturated carbocycles. The van der Waals surface area contributed by atoms with Crippen LogP contribution in [0.1, 0.15) is 74.7 Å². The first-order chi connectivity index (χ1) is 14.6. The van der Waals surface area contributed by atoms with Gasteiger partial charge in [-0.3, -0.25) is 0 Å². The summed E-state index contributed by atoms with van der Waals surface area (Å²) in [5.41, 5.74) is 13.2. The molecule has 14 unspecified atom stereocenters. The first-order valence-corrected chi connectivity index (χ1v) is 12.7. The van der Waals surface area contributed by atoms with Crippen molar-refractivity contribution in [2.75, 3.05) is 0 Å². The third-order valence-electron chi connectivity index (χ3n) is 8.99. The molecule has 31 heavy (non-hydrogen) atoms. The monoisotopic (exact) mass is 440 g/mol. The highest BCUT2D eigenvalue weighted by molar-refractivity contribution is 4.96. The van der Waals surface area contributed by atoms with Crippen molar-refractivity contribution in [1.29, 1.82) is 0 Å². The molecule has 0 aromatic heterocycles. The minimum atomic E-state index is -0.455. The number of rotatable bonds is 6. The number of nitrogens with two attached hydrogens (primary N) is 2. The van der Waals surface area contributed by atoms with Crippen molar-refractivity contribution in [1.82, 2.24) is 0 Å². The second-order valence-electron chi connectivity index (χ2n) is 10.9. The lowest BCUT2D eigenvalue weighted by Gasteiger charge is -2.49. The van der Waals surface area contributed by atoms with E-state index >= 15 is 0 Å². The Morgan fingerprint density at radius 3 is 1.77 bits per heavy atom. The first kappa shape index (κ1) is 25.4. The van der Waals surface area contributed by atoms with Gasteiger partial charge in [-0.1, -0.05) is 55.4 Å². The molecule has 0 bridgehead atoms. The molecule has 0 aromatic rings. The van der Waals surface area contributed by atoms with E-state index in [9.17, 15) is 0 Å². The molecule has 0 amide bonds. The average molecular weight is 441 g/mol. The van der Waals surface area contributed by atoms with Gasteiger partial charge in [-0.05, 0) is 48.9 Å². The maximum atomic E-state index is 6.69. The fourth-order valence-corrected chi connectivity index (χ4v) is 5.88. The van der Waals surface area contributed by atoms with Gasteiger partial charge in [0.2, 0.25) is 0 Å². The Hall–Kier alpha value is -0.240. The molecule has 0 radical (unpaired) electrons. The normalized spacial score (nSPS) is 53.6. The van der Waals surface area contributed by atoms with Crippen LogP contribution in [-0.4, -0.2) is 49.1 Å². The van der Waals surface area contributed by atoms with E-state index in [4.69, 9.17) is 30.4 Å². The summed E-state index contributed by atoms with van der Waals surface area (Å²) in [4.78, 5) is 0. The molecule has 2 aliphatic heterocycles. The van der Waals surface area contributed by atoms with Gasteiger partial charge >= 0.3 is 0 Å². The molecule has 3 rings (SSSR count). The lowest BCUT2D eigenvalue weighted by atomic mass is 9.75. The molecule has 6 nitrogen and oxygen atoms in total. The van der Waals surface area contributed by atoms with Crippen molar-refractivity contribution in [3.05, 3.63) is 0 Å². The molecule has 3 aliphatic rings. The van der Waals surface area contributed by atoms with Crippen molar-refractivity contribution in [3.8, 4) is 0 Å². The van der Waals surface area contributed by atoms with E-state index in [0.717, 1.165) is 19.3 Å². The summed E-state index contributed by atoms with van der Waals surface area (Å²) in [7, 11) is 0. The van der Waals surface area contributed by atoms with Crippen LogP contribution in [0.25, 0.3) is 0 Å². The van der Waals surface area contributed by atoms with Gasteiger partial charge in [-0.25, -0.2) is 0 Å². The smallest absolute Gasteiger partial charge is 0.173 e. The second kappa shape index (κ2) is 10.4. The van der Waals surface area contributed by atoms with E-state index in [1.54, 1.807) is 0 Å². The minimum Gasteiger partial charge on any atom is -0.349 e. The SMILES string of the molecule is CCC1OC(OC2C(C)C(C)CC(N)C2OC2OC(CC)C(C)C(C)C2N)C(C)C1C. The van der Waals surface area contributed by atoms with Crippen LogP contribution in [0.4, 0.5) is 0 Å². The van der Waals surface area contributed by atoms with E-state index < -0.39 is 6.29 Å². The molecule has 14 atom stereocenters. The largest absolute Gasteiger partial charge is 0.349 e. The number of hydrogen-bond acceptors (Lipinski definition) is 6. The zero-order chi connectivity index (χ0) is 23.0. The maximum Gasteiger partial charge on any atom is 0.173 e. The van der Waals surface area contributed by atoms with Crippen LogP contribution in [0.15, 0.2) is 0 Å². The molecule has 1 aliphatic carbocycles. The Bertz CT molecular complexity index is 576. The van der Waals surface area contributed by atoms with Gasteiger partial charge in [0, 0.05) is 12.0 Å². The predicted octanol–water partition coefficient (Wildman–Crippen LogP) is 3.90. The quantitative estimate of drug-likeness (QED) is 0.651. The summed E-state index contributed by atoms with van der Waals surface area (Å²) in [5, 5.41) is 0. The highest BCUT2D eigenvalue weighted by Gasteiger charge is 2.49. The van der Waals surface area contributed by atoms with Gasteiger partial charge < -0.3 is 30.4 Å². The number of hydrogen-bond donors (Lipinski definition) is 2. The molecule has 0 spiro atoms. The Kier molecular flexibility index (Phi) is 8.48. The average Bonchev–Trinajstić information content (AvgIpc) is 3.02. The van der Waals surface area contributed by atoms with Gasteiger partial charge in [-0.15, -0.1) is 0 Å². The van der Waals surface area contributed by atoms with Crippen LogP contribution >= 0.6 is 0 Å². The van der Waals surface area contributed by atoms with Crippen molar-refractivity contribution >= 4 is 0 Å². The summed E-state index contributed by atoms with van der Waals surface area (Å²) in [5.74, 6) is 2.32. The second-order valence-corrected chi connectivity index (χ2v) is 10.9. The summed E-state index contributed by atoms with van der Waals surface area (Å²) in [6.45, 7) is 17.8. The first-order valence-electron chi connectivity index (χ1n) is 12.7. The fourth-order valence-electron chi connectivity index (χ4n) is 5.88. The van der Waals surface area contributed by atoms with Crippen molar-refractivity contribution in [3.63, 3.8) is 0 Å². The molecule has 182 valence electrons. The third kappa shape index (κ3) is 4.99. The Labute approximate surface area is 190 Å². The zero-order valence-electron chi connectivity index (χ0n) is 21.0. The summed E-state index contributed by atoms with van der Waals surface area (Å²) < 4.78 is 26.0. The standard InChI is InChI=1S/C25H48N2O4/c1-9-19-14(5)16(7)21(27)25(29-19)31-23-18(26)11-12(3)13(4)22(23)30-24-17(8)15(6)20(10-2)28-24/h12-25H,9-11,26-27H2,1-8H3. The van der Waals surface area contributed by atoms with Crippen LogP contribution in [0, 0.1) is 35.5 Å². The summed E-state index contributed by atoms with van der Waals surface area (Å²) in [6.07, 6.45) is 2.18. The van der Waals surface area contributed by atoms with Gasteiger partial charge in [0.1, 0.15) is 6.10 Å². The van der Waals surface area contributed by atoms with Crippen LogP contribution in [0.3, 0.4) is 0 Å². The van der Waals surface area contributed by atoms with Crippen molar-refractivity contribution in [2.24, 2.45) is 47.0 Å². The molecule has 3 fully saturated rings. The molecular formula is C25H48N2O4. The lowest BCUT2D eigenvalue weighted by Crippen LogP contribution is -2.61. The lowest BCUT2D eigenvalue weighted by molar-refractivity contribution is -0.291. The topological polar surface area (TPSA) is 89.0 Å². The Balaban J connectivity index is 1.78. The fraction of sp³-hybridized carbons (Fsp3) is 1.00. The number of ether oxygens (including phenoxy) is 4. The molecule has 6 heteroatoms. The maximum absolute atomic E-state index is 6.69. The third-order valence-corrected chi connectivity index (χ3v) is 8.99. The molecule has 2 saturated heterocycles. The van der Waals surface area contributed by atoms with Crippen LogP contribution in [0.5, 0.6) is 0 Å². The van der Waals surface area contributed by atoms with Crippen molar-refractivity contribution < 1.29 is 18.9 Å². The Morgan fingerprint density at radius 1 is 0.677 bits per heavy atom. The Morgan fingerprint density at radius 2 is 1.19 bits per heavy atom. The highest BCUT2D eigenvalue weighted by atomic mass is 16.7. The summed E-state index contributed by atoms with van der Waals surface area (Å²) >= 11 is 0.